The molecule has 0 saturated carbocycles. The Bertz CT molecular complexity index is 742. The molecule has 0 atom stereocenters. The fourth-order valence-electron chi connectivity index (χ4n) is 3.87. The molecule has 2 aromatic rings. The molecule has 2 heterocycles. The first-order valence-corrected chi connectivity index (χ1v) is 9.58. The van der Waals surface area contributed by atoms with Crippen LogP contribution in [0.1, 0.15) is 18.1 Å². The first-order chi connectivity index (χ1) is 12.8. The van der Waals surface area contributed by atoms with Crippen molar-refractivity contribution in [1.82, 2.24) is 0 Å². The van der Waals surface area contributed by atoms with Crippen molar-refractivity contribution in [3.63, 3.8) is 0 Å². The highest BCUT2D eigenvalue weighted by atomic mass is 16.7. The molecule has 138 valence electrons. The summed E-state index contributed by atoms with van der Waals surface area (Å²) in [6.07, 6.45) is 0. The van der Waals surface area contributed by atoms with E-state index in [-0.39, 0.29) is 0 Å². The van der Waals surface area contributed by atoms with E-state index in [4.69, 9.17) is 14.2 Å². The van der Waals surface area contributed by atoms with E-state index in [1.807, 2.05) is 13.0 Å². The lowest BCUT2D eigenvalue weighted by Gasteiger charge is -2.30. The third-order valence-corrected chi connectivity index (χ3v) is 5.27. The Hall–Kier alpha value is -2.24. The van der Waals surface area contributed by atoms with Crippen molar-refractivity contribution in [2.75, 3.05) is 39.6 Å². The van der Waals surface area contributed by atoms with Crippen molar-refractivity contribution in [3.05, 3.63) is 53.6 Å². The van der Waals surface area contributed by atoms with Gasteiger partial charge in [-0.3, -0.25) is 0 Å². The number of rotatable bonds is 6. The number of para-hydroxylation sites is 1. The molecular formula is C21H28N2O3+2. The maximum Gasteiger partial charge on any atom is 0.231 e. The van der Waals surface area contributed by atoms with Gasteiger partial charge in [-0.15, -0.1) is 0 Å². The largest absolute Gasteiger partial charge is 0.493 e. The van der Waals surface area contributed by atoms with Gasteiger partial charge in [0.05, 0.1) is 6.61 Å². The predicted octanol–water partition coefficient (Wildman–Crippen LogP) is 0.298. The maximum atomic E-state index is 5.77. The molecule has 2 N–H and O–H groups in total. The van der Waals surface area contributed by atoms with Crippen LogP contribution in [0.5, 0.6) is 17.2 Å². The number of nitrogens with one attached hydrogen (secondary N) is 2. The van der Waals surface area contributed by atoms with Crippen molar-refractivity contribution >= 4 is 0 Å². The van der Waals surface area contributed by atoms with E-state index in [9.17, 15) is 0 Å². The molecule has 2 aliphatic rings. The zero-order chi connectivity index (χ0) is 17.8. The zero-order valence-electron chi connectivity index (χ0n) is 15.4. The van der Waals surface area contributed by atoms with Crippen molar-refractivity contribution < 1.29 is 24.0 Å². The lowest BCUT2D eigenvalue weighted by molar-refractivity contribution is -1.02. The van der Waals surface area contributed by atoms with Gasteiger partial charge in [-0.25, -0.2) is 0 Å². The average Bonchev–Trinajstić information content (AvgIpc) is 3.13. The summed E-state index contributed by atoms with van der Waals surface area (Å²) >= 11 is 0. The van der Waals surface area contributed by atoms with Gasteiger partial charge in [-0.2, -0.15) is 0 Å². The fraction of sp³-hybridized carbons (Fsp3) is 0.429. The Kier molecular flexibility index (Phi) is 5.27. The van der Waals surface area contributed by atoms with Crippen LogP contribution in [0.25, 0.3) is 0 Å². The van der Waals surface area contributed by atoms with Crippen molar-refractivity contribution in [3.8, 4) is 17.2 Å². The smallest absolute Gasteiger partial charge is 0.231 e. The molecule has 0 radical (unpaired) electrons. The van der Waals surface area contributed by atoms with E-state index < -0.39 is 0 Å². The normalized spacial score (nSPS) is 21.6. The Morgan fingerprint density at radius 2 is 1.62 bits per heavy atom. The van der Waals surface area contributed by atoms with Crippen LogP contribution in [0.2, 0.25) is 0 Å². The SMILES string of the molecule is CCOc1ccccc1C[NH+]1CC[NH+](Cc2ccc3c(c2)OCO3)CC1. The number of fused-ring (bicyclic) bond motifs is 1. The summed E-state index contributed by atoms with van der Waals surface area (Å²) in [7, 11) is 0. The van der Waals surface area contributed by atoms with Gasteiger partial charge >= 0.3 is 0 Å². The summed E-state index contributed by atoms with van der Waals surface area (Å²) in [5.74, 6) is 2.79. The highest BCUT2D eigenvalue weighted by Gasteiger charge is 2.24. The highest BCUT2D eigenvalue weighted by Crippen LogP contribution is 2.32. The first-order valence-electron chi connectivity index (χ1n) is 9.58. The summed E-state index contributed by atoms with van der Waals surface area (Å²) in [6, 6.07) is 14.8. The van der Waals surface area contributed by atoms with Crippen molar-refractivity contribution in [1.29, 1.82) is 0 Å². The van der Waals surface area contributed by atoms with E-state index in [1.54, 1.807) is 9.80 Å². The van der Waals surface area contributed by atoms with Gasteiger partial charge in [0.2, 0.25) is 6.79 Å². The Labute approximate surface area is 155 Å². The van der Waals surface area contributed by atoms with Gasteiger partial charge in [0.15, 0.2) is 11.5 Å². The van der Waals surface area contributed by atoms with E-state index in [0.29, 0.717) is 6.79 Å². The summed E-state index contributed by atoms with van der Waals surface area (Å²) < 4.78 is 16.7. The molecule has 1 fully saturated rings. The topological polar surface area (TPSA) is 36.6 Å². The highest BCUT2D eigenvalue weighted by molar-refractivity contribution is 5.44. The number of piperazine rings is 1. The molecule has 0 unspecified atom stereocenters. The minimum atomic E-state index is 0.344. The van der Waals surface area contributed by atoms with Crippen LogP contribution in [0, 0.1) is 0 Å². The Morgan fingerprint density at radius 1 is 0.885 bits per heavy atom. The Balaban J connectivity index is 1.30. The minimum Gasteiger partial charge on any atom is -0.493 e. The van der Waals surface area contributed by atoms with Crippen molar-refractivity contribution in [2.24, 2.45) is 0 Å². The van der Waals surface area contributed by atoms with E-state index in [2.05, 4.69) is 36.4 Å². The number of hydrogen-bond donors (Lipinski definition) is 2. The monoisotopic (exact) mass is 356 g/mol. The molecule has 2 aliphatic heterocycles. The van der Waals surface area contributed by atoms with Gasteiger partial charge in [0.1, 0.15) is 45.0 Å². The zero-order valence-corrected chi connectivity index (χ0v) is 15.4. The number of quaternary nitrogens is 2. The van der Waals surface area contributed by atoms with Crippen molar-refractivity contribution in [2.45, 2.75) is 20.0 Å². The second kappa shape index (κ2) is 7.98. The number of hydrogen-bond acceptors (Lipinski definition) is 3. The summed E-state index contributed by atoms with van der Waals surface area (Å²) in [5.41, 5.74) is 2.65. The molecule has 4 rings (SSSR count). The van der Waals surface area contributed by atoms with Crippen LogP contribution >= 0.6 is 0 Å². The lowest BCUT2D eigenvalue weighted by atomic mass is 10.1. The quantitative estimate of drug-likeness (QED) is 0.782. The molecule has 5 nitrogen and oxygen atoms in total. The Morgan fingerprint density at radius 3 is 2.42 bits per heavy atom. The molecular weight excluding hydrogens is 328 g/mol. The maximum absolute atomic E-state index is 5.77. The third-order valence-electron chi connectivity index (χ3n) is 5.27. The molecule has 0 amide bonds. The van der Waals surface area contributed by atoms with E-state index >= 15 is 0 Å². The van der Waals surface area contributed by atoms with Crippen LogP contribution in [0.15, 0.2) is 42.5 Å². The van der Waals surface area contributed by atoms with Gasteiger partial charge in [-0.05, 0) is 37.3 Å². The van der Waals surface area contributed by atoms with Crippen LogP contribution in [-0.2, 0) is 13.1 Å². The average molecular weight is 356 g/mol. The molecule has 1 saturated heterocycles. The minimum absolute atomic E-state index is 0.344. The summed E-state index contributed by atoms with van der Waals surface area (Å²) in [6.45, 7) is 9.99. The molecule has 0 spiro atoms. The van der Waals surface area contributed by atoms with Crippen LogP contribution in [-0.4, -0.2) is 39.6 Å². The molecule has 2 aromatic carbocycles. The first kappa shape index (κ1) is 17.2. The van der Waals surface area contributed by atoms with Gasteiger partial charge in [0.25, 0.3) is 0 Å². The summed E-state index contributed by atoms with van der Waals surface area (Å²) in [5, 5.41) is 0. The third kappa shape index (κ3) is 3.94. The van der Waals surface area contributed by atoms with Crippen LogP contribution in [0.4, 0.5) is 0 Å². The van der Waals surface area contributed by atoms with Crippen LogP contribution in [0.3, 0.4) is 0 Å². The molecule has 0 bridgehead atoms. The second-order valence-electron chi connectivity index (χ2n) is 7.08. The molecule has 5 heteroatoms. The molecule has 0 aromatic heterocycles. The summed E-state index contributed by atoms with van der Waals surface area (Å²) in [4.78, 5) is 3.29. The van der Waals surface area contributed by atoms with Crippen LogP contribution < -0.4 is 24.0 Å². The fourth-order valence-corrected chi connectivity index (χ4v) is 3.87. The predicted molar refractivity (Wildman–Crippen MR) is 99.0 cm³/mol. The molecule has 26 heavy (non-hydrogen) atoms. The standard InChI is InChI=1S/C21H26N2O3/c1-2-24-19-6-4-3-5-18(19)15-23-11-9-22(10-12-23)14-17-7-8-20-21(13-17)26-16-25-20/h3-8,13H,2,9-12,14-16H2,1H3/p+2. The number of ether oxygens (including phenoxy) is 3. The second-order valence-corrected chi connectivity index (χ2v) is 7.08. The van der Waals surface area contributed by atoms with E-state index in [1.165, 1.54) is 37.3 Å². The van der Waals surface area contributed by atoms with Gasteiger partial charge in [0, 0.05) is 11.1 Å². The van der Waals surface area contributed by atoms with Gasteiger partial charge < -0.3 is 24.0 Å². The molecule has 0 aliphatic carbocycles. The number of benzene rings is 2. The lowest BCUT2D eigenvalue weighted by Crippen LogP contribution is -3.27. The van der Waals surface area contributed by atoms with Gasteiger partial charge in [-0.1, -0.05) is 12.1 Å². The van der Waals surface area contributed by atoms with E-state index in [0.717, 1.165) is 36.9 Å².